The second-order valence-electron chi connectivity index (χ2n) is 4.52. The van der Waals surface area contributed by atoms with E-state index in [0.717, 1.165) is 21.3 Å². The number of carbonyl (C=O) groups is 1. The van der Waals surface area contributed by atoms with Crippen molar-refractivity contribution in [3.63, 3.8) is 0 Å². The van der Waals surface area contributed by atoms with E-state index >= 15 is 0 Å². The van der Waals surface area contributed by atoms with Crippen molar-refractivity contribution in [2.24, 2.45) is 5.73 Å². The van der Waals surface area contributed by atoms with E-state index in [-0.39, 0.29) is 5.97 Å². The molecule has 1 unspecified atom stereocenters. The van der Waals surface area contributed by atoms with Crippen molar-refractivity contribution in [2.75, 3.05) is 13.2 Å². The summed E-state index contributed by atoms with van der Waals surface area (Å²) < 4.78 is 11.9. The van der Waals surface area contributed by atoms with E-state index in [1.54, 1.807) is 6.92 Å². The van der Waals surface area contributed by atoms with Gasteiger partial charge in [-0.2, -0.15) is 0 Å². The number of hydrogen-bond acceptors (Lipinski definition) is 4. The first-order chi connectivity index (χ1) is 9.53. The molecule has 1 atom stereocenters. The quantitative estimate of drug-likeness (QED) is 0.773. The van der Waals surface area contributed by atoms with E-state index in [2.05, 4.69) is 15.9 Å². The summed E-state index contributed by atoms with van der Waals surface area (Å²) in [5.74, 6) is 0.412. The molecule has 20 heavy (non-hydrogen) atoms. The summed E-state index contributed by atoms with van der Waals surface area (Å²) in [5.41, 5.74) is 7.62. The Kier molecular flexibility index (Phi) is 7.02. The smallest absolute Gasteiger partial charge is 0.347 e. The molecule has 0 fully saturated rings. The van der Waals surface area contributed by atoms with Crippen LogP contribution in [0.15, 0.2) is 16.6 Å². The Morgan fingerprint density at radius 1 is 1.40 bits per heavy atom. The van der Waals surface area contributed by atoms with Gasteiger partial charge in [0.1, 0.15) is 5.75 Å². The molecule has 1 aromatic rings. The van der Waals surface area contributed by atoms with Gasteiger partial charge >= 0.3 is 5.97 Å². The molecule has 0 saturated carbocycles. The highest BCUT2D eigenvalue weighted by molar-refractivity contribution is 9.10. The van der Waals surface area contributed by atoms with Crippen LogP contribution in [-0.2, 0) is 16.0 Å². The van der Waals surface area contributed by atoms with Gasteiger partial charge in [-0.1, -0.05) is 22.9 Å². The number of benzene rings is 1. The van der Waals surface area contributed by atoms with Crippen molar-refractivity contribution in [3.8, 4) is 5.75 Å². The summed E-state index contributed by atoms with van der Waals surface area (Å²) in [4.78, 5) is 11.8. The molecule has 0 aromatic heterocycles. The molecule has 0 spiro atoms. The van der Waals surface area contributed by atoms with E-state index < -0.39 is 6.10 Å². The van der Waals surface area contributed by atoms with Crippen molar-refractivity contribution in [1.82, 2.24) is 0 Å². The van der Waals surface area contributed by atoms with E-state index in [1.807, 2.05) is 26.0 Å². The Labute approximate surface area is 128 Å². The second-order valence-corrected chi connectivity index (χ2v) is 5.43. The molecule has 112 valence electrons. The van der Waals surface area contributed by atoms with Crippen LogP contribution in [0.1, 0.15) is 31.4 Å². The van der Waals surface area contributed by atoms with Crippen molar-refractivity contribution in [3.05, 3.63) is 27.7 Å². The monoisotopic (exact) mass is 343 g/mol. The summed E-state index contributed by atoms with van der Waals surface area (Å²) >= 11 is 3.47. The van der Waals surface area contributed by atoms with E-state index in [9.17, 15) is 4.79 Å². The highest BCUT2D eigenvalue weighted by Crippen LogP contribution is 2.29. The number of hydrogen-bond donors (Lipinski definition) is 1. The first kappa shape index (κ1) is 17.0. The highest BCUT2D eigenvalue weighted by atomic mass is 79.9. The van der Waals surface area contributed by atoms with Crippen LogP contribution in [0.25, 0.3) is 0 Å². The molecule has 0 aliphatic rings. The van der Waals surface area contributed by atoms with Gasteiger partial charge in [0, 0.05) is 4.47 Å². The number of ether oxygens (including phenoxy) is 2. The molecule has 0 saturated heterocycles. The minimum Gasteiger partial charge on any atom is -0.478 e. The number of nitrogens with two attached hydrogens (primary N) is 1. The summed E-state index contributed by atoms with van der Waals surface area (Å²) in [6.45, 7) is 6.53. The van der Waals surface area contributed by atoms with Crippen LogP contribution < -0.4 is 10.5 Å². The van der Waals surface area contributed by atoms with Gasteiger partial charge in [0.05, 0.1) is 6.61 Å². The molecular formula is C15H22BrNO3. The van der Waals surface area contributed by atoms with Crippen LogP contribution in [0.3, 0.4) is 0 Å². The van der Waals surface area contributed by atoms with Gasteiger partial charge in [-0.15, -0.1) is 0 Å². The Hall–Kier alpha value is -1.07. The molecule has 0 amide bonds. The van der Waals surface area contributed by atoms with Gasteiger partial charge in [-0.25, -0.2) is 4.79 Å². The van der Waals surface area contributed by atoms with Crippen molar-refractivity contribution in [2.45, 2.75) is 39.7 Å². The van der Waals surface area contributed by atoms with Gasteiger partial charge in [0.25, 0.3) is 0 Å². The minimum atomic E-state index is -0.577. The third-order valence-electron chi connectivity index (χ3n) is 2.91. The normalized spacial score (nSPS) is 12.1. The number of aryl methyl sites for hydroxylation is 1. The van der Waals surface area contributed by atoms with Crippen LogP contribution in [0, 0.1) is 6.92 Å². The summed E-state index contributed by atoms with van der Waals surface area (Å²) in [6.07, 6.45) is 0.692. The molecule has 0 bridgehead atoms. The lowest BCUT2D eigenvalue weighted by atomic mass is 10.1. The second kappa shape index (κ2) is 8.27. The van der Waals surface area contributed by atoms with Crippen molar-refractivity contribution in [1.29, 1.82) is 0 Å². The zero-order valence-corrected chi connectivity index (χ0v) is 13.8. The fourth-order valence-electron chi connectivity index (χ4n) is 1.98. The zero-order chi connectivity index (χ0) is 15.1. The van der Waals surface area contributed by atoms with Crippen LogP contribution in [0.5, 0.6) is 5.75 Å². The largest absolute Gasteiger partial charge is 0.478 e. The predicted octanol–water partition coefficient (Wildman–Crippen LogP) is 2.98. The van der Waals surface area contributed by atoms with Crippen molar-refractivity contribution >= 4 is 21.9 Å². The molecule has 4 nitrogen and oxygen atoms in total. The molecule has 2 N–H and O–H groups in total. The van der Waals surface area contributed by atoms with Gasteiger partial charge in [-0.3, -0.25) is 0 Å². The van der Waals surface area contributed by atoms with Gasteiger partial charge in [0.2, 0.25) is 0 Å². The average Bonchev–Trinajstić information content (AvgIpc) is 2.38. The fraction of sp³-hybridized carbons (Fsp3) is 0.533. The van der Waals surface area contributed by atoms with E-state index in [0.29, 0.717) is 26.0 Å². The van der Waals surface area contributed by atoms with Gasteiger partial charge in [-0.05, 0) is 56.5 Å². The molecule has 0 aliphatic heterocycles. The molecule has 5 heteroatoms. The minimum absolute atomic E-state index is 0.323. The number of rotatable bonds is 7. The third-order valence-corrected chi connectivity index (χ3v) is 3.37. The molecule has 0 radical (unpaired) electrons. The maximum absolute atomic E-state index is 11.8. The average molecular weight is 344 g/mol. The lowest BCUT2D eigenvalue weighted by Crippen LogP contribution is -2.29. The Morgan fingerprint density at radius 3 is 2.65 bits per heavy atom. The van der Waals surface area contributed by atoms with Crippen molar-refractivity contribution < 1.29 is 14.3 Å². The lowest BCUT2D eigenvalue weighted by Gasteiger charge is -2.20. The van der Waals surface area contributed by atoms with Crippen LogP contribution in [-0.4, -0.2) is 25.2 Å². The zero-order valence-electron chi connectivity index (χ0n) is 12.2. The Balaban J connectivity index is 3.02. The maximum Gasteiger partial charge on any atom is 0.347 e. The molecule has 0 heterocycles. The lowest BCUT2D eigenvalue weighted by molar-refractivity contribution is -0.151. The standard InChI is InChI=1S/C15H22BrNO3/c1-4-13(15(18)19-5-2)20-14-10(3)8-12(16)9-11(14)6-7-17/h8-9,13H,4-7,17H2,1-3H3. The summed E-state index contributed by atoms with van der Waals surface area (Å²) in [5, 5.41) is 0. The Bertz CT molecular complexity index is 463. The van der Waals surface area contributed by atoms with E-state index in [1.165, 1.54) is 0 Å². The maximum atomic E-state index is 11.8. The molecule has 1 aromatic carbocycles. The fourth-order valence-corrected chi connectivity index (χ4v) is 2.60. The van der Waals surface area contributed by atoms with E-state index in [4.69, 9.17) is 15.2 Å². The Morgan fingerprint density at radius 2 is 2.10 bits per heavy atom. The summed E-state index contributed by atoms with van der Waals surface area (Å²) in [6, 6.07) is 3.94. The number of esters is 1. The SMILES string of the molecule is CCOC(=O)C(CC)Oc1c(C)cc(Br)cc1CCN. The molecular weight excluding hydrogens is 322 g/mol. The summed E-state index contributed by atoms with van der Waals surface area (Å²) in [7, 11) is 0. The van der Waals surface area contributed by atoms with Crippen LogP contribution in [0.2, 0.25) is 0 Å². The van der Waals surface area contributed by atoms with Crippen LogP contribution in [0.4, 0.5) is 0 Å². The first-order valence-corrected chi connectivity index (χ1v) is 7.65. The molecule has 0 aliphatic carbocycles. The third kappa shape index (κ3) is 4.49. The first-order valence-electron chi connectivity index (χ1n) is 6.85. The topological polar surface area (TPSA) is 61.5 Å². The predicted molar refractivity (Wildman–Crippen MR) is 83.0 cm³/mol. The van der Waals surface area contributed by atoms with Gasteiger partial charge < -0.3 is 15.2 Å². The number of carbonyl (C=O) groups excluding carboxylic acids is 1. The van der Waals surface area contributed by atoms with Crippen LogP contribution >= 0.6 is 15.9 Å². The number of halogens is 1. The highest BCUT2D eigenvalue weighted by Gasteiger charge is 2.22. The van der Waals surface area contributed by atoms with Gasteiger partial charge in [0.15, 0.2) is 6.10 Å². The molecule has 1 rings (SSSR count).